The van der Waals surface area contributed by atoms with Crippen LogP contribution in [-0.2, 0) is 11.0 Å². The number of hydrogen-bond acceptors (Lipinski definition) is 4. The van der Waals surface area contributed by atoms with E-state index in [0.29, 0.717) is 19.6 Å². The number of rotatable bonds is 5. The second-order valence-corrected chi connectivity index (χ2v) is 10.7. The number of piperidine rings is 1. The highest BCUT2D eigenvalue weighted by Crippen LogP contribution is 2.58. The Hall–Kier alpha value is -1.75. The predicted molar refractivity (Wildman–Crippen MR) is 122 cm³/mol. The smallest absolute Gasteiger partial charge is 0.395 e. The first-order valence-corrected chi connectivity index (χ1v) is 12.7. The van der Waals surface area contributed by atoms with Crippen LogP contribution in [0.3, 0.4) is 0 Å². The lowest BCUT2D eigenvalue weighted by molar-refractivity contribution is -0.192. The SMILES string of the molecule is CS(=O)N1CC=C(c2cc3cc(C4CCN(CC5(C(F)(F)F)CC5)CC4)oc3cn2)CC1.O. The molecule has 0 aromatic carbocycles. The minimum absolute atomic E-state index is 0. The molecule has 2 aromatic heterocycles. The van der Waals surface area contributed by atoms with Crippen LogP contribution in [0.25, 0.3) is 16.5 Å². The Morgan fingerprint density at radius 3 is 2.52 bits per heavy atom. The lowest BCUT2D eigenvalue weighted by Crippen LogP contribution is -2.42. The number of fused-ring (bicyclic) bond motifs is 1. The fourth-order valence-corrected chi connectivity index (χ4v) is 5.58. The van der Waals surface area contributed by atoms with Gasteiger partial charge >= 0.3 is 6.18 Å². The molecule has 2 aliphatic heterocycles. The largest absolute Gasteiger partial charge is 0.459 e. The van der Waals surface area contributed by atoms with Crippen molar-refractivity contribution in [3.63, 3.8) is 0 Å². The van der Waals surface area contributed by atoms with Gasteiger partial charge in [0.15, 0.2) is 5.58 Å². The number of pyridine rings is 1. The van der Waals surface area contributed by atoms with Gasteiger partial charge in [0.2, 0.25) is 0 Å². The molecule has 1 saturated carbocycles. The van der Waals surface area contributed by atoms with Crippen LogP contribution in [0.5, 0.6) is 0 Å². The van der Waals surface area contributed by atoms with E-state index >= 15 is 0 Å². The molecule has 0 spiro atoms. The minimum Gasteiger partial charge on any atom is -0.459 e. The zero-order chi connectivity index (χ0) is 22.5. The molecule has 0 radical (unpaired) electrons. The lowest BCUT2D eigenvalue weighted by atomic mass is 9.93. The van der Waals surface area contributed by atoms with Crippen LogP contribution < -0.4 is 0 Å². The average molecular weight is 486 g/mol. The van der Waals surface area contributed by atoms with E-state index in [9.17, 15) is 17.4 Å². The number of halogens is 3. The zero-order valence-electron chi connectivity index (χ0n) is 18.7. The Morgan fingerprint density at radius 1 is 1.21 bits per heavy atom. The van der Waals surface area contributed by atoms with Gasteiger partial charge in [-0.05, 0) is 62.9 Å². The van der Waals surface area contributed by atoms with Crippen molar-refractivity contribution in [3.8, 4) is 0 Å². The van der Waals surface area contributed by atoms with Crippen LogP contribution in [-0.4, -0.2) is 69.0 Å². The van der Waals surface area contributed by atoms with Gasteiger partial charge in [-0.25, -0.2) is 8.51 Å². The van der Waals surface area contributed by atoms with Gasteiger partial charge < -0.3 is 14.8 Å². The molecule has 4 heterocycles. The van der Waals surface area contributed by atoms with Crippen LogP contribution in [0.4, 0.5) is 13.2 Å². The van der Waals surface area contributed by atoms with Crippen LogP contribution in [0.15, 0.2) is 28.8 Å². The molecule has 33 heavy (non-hydrogen) atoms. The molecule has 0 amide bonds. The highest BCUT2D eigenvalue weighted by molar-refractivity contribution is 7.81. The number of nitrogens with zero attached hydrogens (tertiary/aromatic N) is 3. The molecule has 2 N–H and O–H groups in total. The monoisotopic (exact) mass is 485 g/mol. The summed E-state index contributed by atoms with van der Waals surface area (Å²) in [6.45, 7) is 2.88. The van der Waals surface area contributed by atoms with Crippen molar-refractivity contribution in [2.45, 2.75) is 44.2 Å². The fourth-order valence-electron chi connectivity index (χ4n) is 4.95. The Kier molecular flexibility index (Phi) is 6.74. The van der Waals surface area contributed by atoms with Gasteiger partial charge in [-0.1, -0.05) is 6.08 Å². The first-order valence-electron chi connectivity index (χ1n) is 11.2. The first-order chi connectivity index (χ1) is 15.2. The molecule has 1 atom stereocenters. The molecule has 182 valence electrons. The van der Waals surface area contributed by atoms with Crippen molar-refractivity contribution in [2.75, 3.05) is 39.0 Å². The number of furan rings is 1. The highest BCUT2D eigenvalue weighted by atomic mass is 32.2. The summed E-state index contributed by atoms with van der Waals surface area (Å²) >= 11 is 0. The van der Waals surface area contributed by atoms with Gasteiger partial charge in [0.05, 0.1) is 28.3 Å². The Labute approximate surface area is 193 Å². The summed E-state index contributed by atoms with van der Waals surface area (Å²) in [6.07, 6.45) is 4.40. The van der Waals surface area contributed by atoms with E-state index in [0.717, 1.165) is 53.8 Å². The Bertz CT molecular complexity index is 1060. The maximum atomic E-state index is 13.3. The topological polar surface area (TPSA) is 81.1 Å². The normalized spacial score (nSPS) is 23.2. The number of hydrogen-bond donors (Lipinski definition) is 0. The van der Waals surface area contributed by atoms with Gasteiger partial charge in [0, 0.05) is 37.2 Å². The molecule has 0 bridgehead atoms. The van der Waals surface area contributed by atoms with Crippen LogP contribution in [0.2, 0.25) is 0 Å². The molecular weight excluding hydrogens is 455 g/mol. The third-order valence-electron chi connectivity index (χ3n) is 7.26. The van der Waals surface area contributed by atoms with Crippen molar-refractivity contribution in [2.24, 2.45) is 5.41 Å². The van der Waals surface area contributed by atoms with Crippen LogP contribution in [0, 0.1) is 5.41 Å². The van der Waals surface area contributed by atoms with Crippen LogP contribution >= 0.6 is 0 Å². The molecule has 2 fully saturated rings. The maximum absolute atomic E-state index is 13.3. The van der Waals surface area contributed by atoms with Crippen molar-refractivity contribution in [3.05, 3.63) is 35.9 Å². The van der Waals surface area contributed by atoms with Gasteiger partial charge in [0.25, 0.3) is 0 Å². The molecule has 1 unspecified atom stereocenters. The van der Waals surface area contributed by atoms with Crippen molar-refractivity contribution in [1.82, 2.24) is 14.2 Å². The summed E-state index contributed by atoms with van der Waals surface area (Å²) in [6, 6.07) is 4.11. The van der Waals surface area contributed by atoms with E-state index in [1.54, 1.807) is 12.5 Å². The Morgan fingerprint density at radius 2 is 1.94 bits per heavy atom. The fraction of sp³-hybridized carbons (Fsp3) is 0.609. The molecule has 2 aromatic rings. The van der Waals surface area contributed by atoms with Crippen molar-refractivity contribution < 1.29 is 27.3 Å². The van der Waals surface area contributed by atoms with Crippen LogP contribution in [0.1, 0.15) is 49.5 Å². The number of alkyl halides is 3. The molecule has 1 aliphatic carbocycles. The van der Waals surface area contributed by atoms with Crippen molar-refractivity contribution in [1.29, 1.82) is 0 Å². The number of aromatic nitrogens is 1. The van der Waals surface area contributed by atoms with E-state index in [1.165, 1.54) is 0 Å². The second kappa shape index (κ2) is 9.13. The highest BCUT2D eigenvalue weighted by Gasteiger charge is 2.63. The minimum atomic E-state index is -4.09. The quantitative estimate of drug-likeness (QED) is 0.643. The van der Waals surface area contributed by atoms with Crippen molar-refractivity contribution >= 4 is 27.5 Å². The van der Waals surface area contributed by atoms with E-state index < -0.39 is 22.6 Å². The van der Waals surface area contributed by atoms with E-state index in [2.05, 4.69) is 17.1 Å². The molecule has 10 heteroatoms. The second-order valence-electron chi connectivity index (χ2n) is 9.38. The predicted octanol–water partition coefficient (Wildman–Crippen LogP) is 3.91. The van der Waals surface area contributed by atoms with E-state index in [-0.39, 0.29) is 30.8 Å². The summed E-state index contributed by atoms with van der Waals surface area (Å²) < 4.78 is 59.4. The molecular formula is C23H30F3N3O3S. The summed E-state index contributed by atoms with van der Waals surface area (Å²) in [5.74, 6) is 1.13. The van der Waals surface area contributed by atoms with E-state index in [1.807, 2.05) is 15.3 Å². The van der Waals surface area contributed by atoms with Gasteiger partial charge in [0.1, 0.15) is 5.76 Å². The Balaban J connectivity index is 0.00000259. The summed E-state index contributed by atoms with van der Waals surface area (Å²) in [4.78, 5) is 6.54. The zero-order valence-corrected chi connectivity index (χ0v) is 19.5. The summed E-state index contributed by atoms with van der Waals surface area (Å²) in [5.41, 5.74) is 1.36. The molecule has 1 saturated heterocycles. The average Bonchev–Trinajstić information content (AvgIpc) is 3.44. The lowest BCUT2D eigenvalue weighted by Gasteiger charge is -2.34. The van der Waals surface area contributed by atoms with Gasteiger partial charge in [-0.15, -0.1) is 0 Å². The summed E-state index contributed by atoms with van der Waals surface area (Å²) in [5, 5.41) is 1.00. The maximum Gasteiger partial charge on any atom is 0.395 e. The third kappa shape index (κ3) is 4.89. The first kappa shape index (κ1) is 24.4. The molecule has 6 nitrogen and oxygen atoms in total. The van der Waals surface area contributed by atoms with Gasteiger partial charge in [-0.3, -0.25) is 4.98 Å². The number of likely N-dealkylation sites (tertiary alicyclic amines) is 1. The molecule has 5 rings (SSSR count). The van der Waals surface area contributed by atoms with E-state index in [4.69, 9.17) is 4.42 Å². The molecule has 3 aliphatic rings. The summed E-state index contributed by atoms with van der Waals surface area (Å²) in [7, 11) is -0.961. The third-order valence-corrected chi connectivity index (χ3v) is 8.32. The standard InChI is InChI=1S/C23H28F3N3O2S.H2O/c1-32(30)29-10-4-16(5-11-29)19-12-18-13-20(31-21(18)14-27-19)17-2-8-28(9-3-17)15-22(6-7-22)23(24,25)26;/h4,12-14,17H,2-3,5-11,15H2,1H3;1H2. The van der Waals surface area contributed by atoms with Gasteiger partial charge in [-0.2, -0.15) is 13.2 Å².